The van der Waals surface area contributed by atoms with Gasteiger partial charge in [-0.3, -0.25) is 9.48 Å². The lowest BCUT2D eigenvalue weighted by Gasteiger charge is -2.15. The average molecular weight is 392 g/mol. The Bertz CT molecular complexity index is 961. The van der Waals surface area contributed by atoms with E-state index in [1.165, 1.54) is 5.56 Å². The molecule has 1 unspecified atom stereocenters. The molecule has 2 aromatic carbocycles. The van der Waals surface area contributed by atoms with Crippen LogP contribution in [-0.4, -0.2) is 15.7 Å². The molecule has 0 aliphatic rings. The Kier molecular flexibility index (Phi) is 6.70. The molecule has 0 fully saturated rings. The van der Waals surface area contributed by atoms with Crippen molar-refractivity contribution >= 4 is 5.91 Å². The number of nitrogens with one attached hydrogen (secondary N) is 1. The van der Waals surface area contributed by atoms with Crippen molar-refractivity contribution in [1.29, 1.82) is 0 Å². The highest BCUT2D eigenvalue weighted by molar-refractivity contribution is 5.94. The summed E-state index contributed by atoms with van der Waals surface area (Å²) in [5.74, 6) is 0.726. The first-order valence-corrected chi connectivity index (χ1v) is 10.2. The van der Waals surface area contributed by atoms with E-state index in [0.29, 0.717) is 12.2 Å². The van der Waals surface area contributed by atoms with Crippen molar-refractivity contribution < 1.29 is 9.53 Å². The Morgan fingerprint density at radius 1 is 1.14 bits per heavy atom. The number of aryl methyl sites for hydroxylation is 2. The number of carbonyl (C=O) groups is 1. The normalized spacial score (nSPS) is 11.9. The number of ether oxygens (including phenoxy) is 1. The van der Waals surface area contributed by atoms with Gasteiger partial charge in [0.25, 0.3) is 5.91 Å². The third-order valence-electron chi connectivity index (χ3n) is 5.18. The van der Waals surface area contributed by atoms with Crippen molar-refractivity contribution in [3.05, 3.63) is 82.7 Å². The molecule has 0 saturated carbocycles. The van der Waals surface area contributed by atoms with Crippen molar-refractivity contribution in [3.63, 3.8) is 0 Å². The molecule has 29 heavy (non-hydrogen) atoms. The number of carbonyl (C=O) groups excluding carboxylic acids is 1. The van der Waals surface area contributed by atoms with Crippen molar-refractivity contribution in [1.82, 2.24) is 15.1 Å². The molecule has 0 aliphatic heterocycles. The largest absolute Gasteiger partial charge is 0.489 e. The summed E-state index contributed by atoms with van der Waals surface area (Å²) < 4.78 is 7.80. The zero-order valence-corrected chi connectivity index (χ0v) is 17.6. The topological polar surface area (TPSA) is 56.1 Å². The Hall–Kier alpha value is -3.08. The second-order valence-electron chi connectivity index (χ2n) is 7.18. The summed E-state index contributed by atoms with van der Waals surface area (Å²) >= 11 is 0. The summed E-state index contributed by atoms with van der Waals surface area (Å²) in [6.45, 7) is 9.43. The van der Waals surface area contributed by atoms with E-state index in [-0.39, 0.29) is 11.9 Å². The quantitative estimate of drug-likeness (QED) is 0.597. The Morgan fingerprint density at radius 2 is 1.90 bits per heavy atom. The van der Waals surface area contributed by atoms with E-state index < -0.39 is 0 Å². The van der Waals surface area contributed by atoms with Gasteiger partial charge >= 0.3 is 0 Å². The summed E-state index contributed by atoms with van der Waals surface area (Å²) in [5.41, 5.74) is 4.98. The van der Waals surface area contributed by atoms with E-state index >= 15 is 0 Å². The lowest BCUT2D eigenvalue weighted by molar-refractivity contribution is 0.0939. The summed E-state index contributed by atoms with van der Waals surface area (Å²) in [6, 6.07) is 15.6. The van der Waals surface area contributed by atoms with Gasteiger partial charge in [-0.05, 0) is 62.6 Å². The van der Waals surface area contributed by atoms with Crippen LogP contribution in [0.3, 0.4) is 0 Å². The van der Waals surface area contributed by atoms with Crippen LogP contribution in [0.4, 0.5) is 0 Å². The predicted octanol–water partition coefficient (Wildman–Crippen LogP) is 4.84. The van der Waals surface area contributed by atoms with Gasteiger partial charge < -0.3 is 10.1 Å². The molecular formula is C24H29N3O2. The van der Waals surface area contributed by atoms with Crippen LogP contribution in [0.25, 0.3) is 0 Å². The molecule has 0 radical (unpaired) electrons. The van der Waals surface area contributed by atoms with Crippen molar-refractivity contribution in [3.8, 4) is 5.75 Å². The third kappa shape index (κ3) is 5.05. The molecule has 0 bridgehead atoms. The number of hydrogen-bond donors (Lipinski definition) is 1. The van der Waals surface area contributed by atoms with Crippen LogP contribution in [-0.2, 0) is 19.6 Å². The highest BCUT2D eigenvalue weighted by atomic mass is 16.5. The van der Waals surface area contributed by atoms with Gasteiger partial charge in [0, 0.05) is 23.4 Å². The number of benzene rings is 2. The minimum absolute atomic E-state index is 0.102. The zero-order valence-electron chi connectivity index (χ0n) is 17.6. The van der Waals surface area contributed by atoms with Crippen molar-refractivity contribution in [2.75, 3.05) is 0 Å². The van der Waals surface area contributed by atoms with E-state index in [1.54, 1.807) is 0 Å². The minimum Gasteiger partial charge on any atom is -0.489 e. The van der Waals surface area contributed by atoms with Crippen LogP contribution < -0.4 is 10.1 Å². The Labute approximate surface area is 172 Å². The maximum atomic E-state index is 12.7. The van der Waals surface area contributed by atoms with Gasteiger partial charge in [-0.25, -0.2) is 0 Å². The van der Waals surface area contributed by atoms with Crippen molar-refractivity contribution in [2.24, 2.45) is 0 Å². The van der Waals surface area contributed by atoms with E-state index in [4.69, 9.17) is 4.74 Å². The molecule has 5 heteroatoms. The standard InChI is InChI=1S/C24H29N3O2/c1-5-19-10-12-22(13-11-19)29-16-20-8-7-9-21(14-20)24(28)26-17(3)23-15-25-27(6-2)18(23)4/h7-15,17H,5-6,16H2,1-4H3,(H,26,28). The highest BCUT2D eigenvalue weighted by Crippen LogP contribution is 2.18. The predicted molar refractivity (Wildman–Crippen MR) is 115 cm³/mol. The van der Waals surface area contributed by atoms with E-state index in [9.17, 15) is 4.79 Å². The van der Waals surface area contributed by atoms with Crippen molar-refractivity contribution in [2.45, 2.75) is 53.3 Å². The molecular weight excluding hydrogens is 362 g/mol. The maximum Gasteiger partial charge on any atom is 0.251 e. The van der Waals surface area contributed by atoms with Gasteiger partial charge in [-0.15, -0.1) is 0 Å². The smallest absolute Gasteiger partial charge is 0.251 e. The molecule has 0 spiro atoms. The lowest BCUT2D eigenvalue weighted by Crippen LogP contribution is -2.27. The molecule has 1 heterocycles. The van der Waals surface area contributed by atoms with E-state index in [2.05, 4.69) is 36.4 Å². The molecule has 0 saturated heterocycles. The second kappa shape index (κ2) is 9.41. The van der Waals surface area contributed by atoms with Gasteiger partial charge in [0.05, 0.1) is 12.2 Å². The summed E-state index contributed by atoms with van der Waals surface area (Å²) in [7, 11) is 0. The first-order valence-electron chi connectivity index (χ1n) is 10.2. The lowest BCUT2D eigenvalue weighted by atomic mass is 10.1. The van der Waals surface area contributed by atoms with Crippen LogP contribution in [0.2, 0.25) is 0 Å². The second-order valence-corrected chi connectivity index (χ2v) is 7.18. The molecule has 1 N–H and O–H groups in total. The third-order valence-corrected chi connectivity index (χ3v) is 5.18. The molecule has 1 atom stereocenters. The Balaban J connectivity index is 1.63. The summed E-state index contributed by atoms with van der Waals surface area (Å²) in [5, 5.41) is 7.43. The monoisotopic (exact) mass is 391 g/mol. The molecule has 5 nitrogen and oxygen atoms in total. The van der Waals surface area contributed by atoms with Gasteiger partial charge in [0.15, 0.2) is 0 Å². The molecule has 3 rings (SSSR count). The number of aromatic nitrogens is 2. The fourth-order valence-corrected chi connectivity index (χ4v) is 3.35. The average Bonchev–Trinajstić information content (AvgIpc) is 3.13. The molecule has 1 amide bonds. The molecule has 1 aromatic heterocycles. The van der Waals surface area contributed by atoms with Crippen LogP contribution in [0.5, 0.6) is 5.75 Å². The van der Waals surface area contributed by atoms with Gasteiger partial charge in [0.1, 0.15) is 12.4 Å². The number of amides is 1. The Morgan fingerprint density at radius 3 is 2.55 bits per heavy atom. The van der Waals surface area contributed by atoms with Gasteiger partial charge in [0.2, 0.25) is 0 Å². The molecule has 3 aromatic rings. The number of hydrogen-bond acceptors (Lipinski definition) is 3. The van der Waals surface area contributed by atoms with Crippen LogP contribution in [0, 0.1) is 6.92 Å². The fraction of sp³-hybridized carbons (Fsp3) is 0.333. The number of nitrogens with zero attached hydrogens (tertiary/aromatic N) is 2. The highest BCUT2D eigenvalue weighted by Gasteiger charge is 2.16. The number of rotatable bonds is 8. The molecule has 152 valence electrons. The maximum absolute atomic E-state index is 12.7. The summed E-state index contributed by atoms with van der Waals surface area (Å²) in [6.07, 6.45) is 2.84. The van der Waals surface area contributed by atoms with E-state index in [0.717, 1.165) is 35.5 Å². The zero-order chi connectivity index (χ0) is 20.8. The SMILES string of the molecule is CCc1ccc(OCc2cccc(C(=O)NC(C)c3cnn(CC)c3C)c2)cc1. The van der Waals surface area contributed by atoms with Crippen LogP contribution >= 0.6 is 0 Å². The van der Waals surface area contributed by atoms with E-state index in [1.807, 2.05) is 61.1 Å². The van der Waals surface area contributed by atoms with Crippen LogP contribution in [0.1, 0.15) is 59.6 Å². The van der Waals surface area contributed by atoms with Crippen LogP contribution in [0.15, 0.2) is 54.7 Å². The first kappa shape index (κ1) is 20.6. The van der Waals surface area contributed by atoms with Gasteiger partial charge in [-0.2, -0.15) is 5.10 Å². The van der Waals surface area contributed by atoms with Gasteiger partial charge in [-0.1, -0.05) is 31.2 Å². The first-order chi connectivity index (χ1) is 14.0. The fourth-order valence-electron chi connectivity index (χ4n) is 3.35. The minimum atomic E-state index is -0.111. The molecule has 0 aliphatic carbocycles. The summed E-state index contributed by atoms with van der Waals surface area (Å²) in [4.78, 5) is 12.7.